The summed E-state index contributed by atoms with van der Waals surface area (Å²) in [6, 6.07) is 40.1. The van der Waals surface area contributed by atoms with Crippen LogP contribution in [0.1, 0.15) is 40.2 Å². The Labute approximate surface area is 285 Å². The van der Waals surface area contributed by atoms with Crippen molar-refractivity contribution in [2.45, 2.75) is 31.8 Å². The maximum Gasteiger partial charge on any atom is 0.337 e. The summed E-state index contributed by atoms with van der Waals surface area (Å²) >= 11 is 0. The molecule has 0 amide bonds. The van der Waals surface area contributed by atoms with Crippen LogP contribution < -0.4 is 0 Å². The summed E-state index contributed by atoms with van der Waals surface area (Å²) in [5.74, 6) is 1.38. The van der Waals surface area contributed by atoms with Gasteiger partial charge in [-0.3, -0.25) is 0 Å². The van der Waals surface area contributed by atoms with Crippen LogP contribution in [0.15, 0.2) is 121 Å². The summed E-state index contributed by atoms with van der Waals surface area (Å²) in [6.45, 7) is 1.87. The van der Waals surface area contributed by atoms with Gasteiger partial charge in [0.05, 0.1) is 40.3 Å². The van der Waals surface area contributed by atoms with Crippen LogP contribution in [0.3, 0.4) is 0 Å². The second-order valence-corrected chi connectivity index (χ2v) is 12.1. The first-order valence-electron chi connectivity index (χ1n) is 16.5. The number of aromatic nitrogens is 4. The second kappa shape index (κ2) is 14.2. The van der Waals surface area contributed by atoms with Gasteiger partial charge >= 0.3 is 5.97 Å². The molecular formula is C41H38N4O4. The number of benzene rings is 5. The number of ether oxygens (including phenoxy) is 2. The minimum absolute atomic E-state index is 0.157. The average molecular weight is 651 g/mol. The molecule has 8 nitrogen and oxygen atoms in total. The molecule has 0 saturated carbocycles. The molecule has 0 unspecified atom stereocenters. The van der Waals surface area contributed by atoms with Gasteiger partial charge < -0.3 is 23.7 Å². The lowest BCUT2D eigenvalue weighted by Crippen LogP contribution is -2.09. The van der Waals surface area contributed by atoms with Crippen molar-refractivity contribution >= 4 is 28.0 Å². The number of carbonyl (C=O) groups is 1. The first-order valence-corrected chi connectivity index (χ1v) is 16.5. The highest BCUT2D eigenvalue weighted by Gasteiger charge is 2.23. The van der Waals surface area contributed by atoms with Gasteiger partial charge in [0, 0.05) is 38.3 Å². The predicted octanol–water partition coefficient (Wildman–Crippen LogP) is 8.47. The molecule has 0 atom stereocenters. The second-order valence-electron chi connectivity index (χ2n) is 12.1. The predicted molar refractivity (Wildman–Crippen MR) is 193 cm³/mol. The van der Waals surface area contributed by atoms with E-state index in [1.165, 1.54) is 18.2 Å². The molecule has 49 heavy (non-hydrogen) atoms. The molecule has 0 fully saturated rings. The zero-order valence-corrected chi connectivity index (χ0v) is 27.6. The van der Waals surface area contributed by atoms with Crippen LogP contribution in [0.5, 0.6) is 5.75 Å². The fraction of sp³-hybridized carbons (Fsp3) is 0.195. The molecule has 0 saturated heterocycles. The highest BCUT2D eigenvalue weighted by Crippen LogP contribution is 2.38. The molecule has 2 aromatic heterocycles. The third kappa shape index (κ3) is 6.30. The number of aromatic hydroxyl groups is 1. The number of imidazole rings is 2. The normalized spacial score (nSPS) is 11.5. The van der Waals surface area contributed by atoms with Crippen molar-refractivity contribution in [3.05, 3.63) is 138 Å². The molecule has 0 aliphatic carbocycles. The molecule has 0 aliphatic heterocycles. The number of phenolic OH excluding ortho intramolecular Hbond substituents is 1. The van der Waals surface area contributed by atoms with E-state index in [2.05, 4.69) is 63.7 Å². The molecule has 5 aromatic carbocycles. The highest BCUT2D eigenvalue weighted by atomic mass is 16.5. The van der Waals surface area contributed by atoms with Crippen molar-refractivity contribution in [1.29, 1.82) is 0 Å². The number of phenols is 1. The lowest BCUT2D eigenvalue weighted by Gasteiger charge is -2.20. The van der Waals surface area contributed by atoms with Crippen molar-refractivity contribution in [3.63, 3.8) is 0 Å². The Bertz CT molecular complexity index is 2180. The van der Waals surface area contributed by atoms with Crippen molar-refractivity contribution < 1.29 is 19.4 Å². The van der Waals surface area contributed by atoms with Crippen LogP contribution in [0, 0.1) is 0 Å². The van der Waals surface area contributed by atoms with Crippen LogP contribution in [0.2, 0.25) is 0 Å². The van der Waals surface area contributed by atoms with E-state index in [1.807, 2.05) is 48.5 Å². The molecule has 0 aliphatic rings. The van der Waals surface area contributed by atoms with E-state index < -0.39 is 5.97 Å². The fourth-order valence-electron chi connectivity index (χ4n) is 6.78. The van der Waals surface area contributed by atoms with Crippen LogP contribution in [0.4, 0.5) is 0 Å². The molecule has 7 rings (SSSR count). The molecule has 2 heterocycles. The number of fused-ring (bicyclic) bond motifs is 2. The van der Waals surface area contributed by atoms with Crippen molar-refractivity contribution in [2.24, 2.45) is 0 Å². The average Bonchev–Trinajstić information content (AvgIpc) is 3.70. The summed E-state index contributed by atoms with van der Waals surface area (Å²) in [4.78, 5) is 22.8. The summed E-state index contributed by atoms with van der Waals surface area (Å²) in [6.07, 6.45) is 1.57. The highest BCUT2D eigenvalue weighted by molar-refractivity contribution is 5.97. The zero-order valence-electron chi connectivity index (χ0n) is 27.6. The Morgan fingerprint density at radius 2 is 1.37 bits per heavy atom. The van der Waals surface area contributed by atoms with E-state index in [4.69, 9.17) is 19.4 Å². The molecule has 0 bridgehead atoms. The fourth-order valence-corrected chi connectivity index (χ4v) is 6.78. The summed E-state index contributed by atoms with van der Waals surface area (Å²) in [5.41, 5.74) is 7.86. The summed E-state index contributed by atoms with van der Waals surface area (Å²) < 4.78 is 14.9. The SMILES string of the molecule is COCCCn1c(-c2ccccc2O)nc2cccc(-c3nc4cc(C(=O)OC)ccc4n3CCC(c3ccccc3)c3ccccc3)c21. The summed E-state index contributed by atoms with van der Waals surface area (Å²) in [7, 11) is 3.09. The molecule has 0 radical (unpaired) electrons. The number of para-hydroxylation sites is 2. The number of methoxy groups -OCH3 is 2. The lowest BCUT2D eigenvalue weighted by atomic mass is 9.88. The third-order valence-corrected chi connectivity index (χ3v) is 9.10. The number of esters is 1. The Morgan fingerprint density at radius 1 is 0.714 bits per heavy atom. The smallest absolute Gasteiger partial charge is 0.337 e. The van der Waals surface area contributed by atoms with Crippen LogP contribution in [0.25, 0.3) is 44.8 Å². The van der Waals surface area contributed by atoms with Crippen LogP contribution in [-0.2, 0) is 22.6 Å². The number of rotatable bonds is 12. The van der Waals surface area contributed by atoms with E-state index in [1.54, 1.807) is 25.3 Å². The van der Waals surface area contributed by atoms with Crippen molar-refractivity contribution in [3.8, 4) is 28.5 Å². The van der Waals surface area contributed by atoms with Gasteiger partial charge in [0.1, 0.15) is 17.4 Å². The third-order valence-electron chi connectivity index (χ3n) is 9.10. The van der Waals surface area contributed by atoms with E-state index in [0.29, 0.717) is 42.2 Å². The Morgan fingerprint density at radius 3 is 2.06 bits per heavy atom. The molecule has 8 heteroatoms. The monoisotopic (exact) mass is 650 g/mol. The van der Waals surface area contributed by atoms with E-state index in [9.17, 15) is 9.90 Å². The van der Waals surface area contributed by atoms with Gasteiger partial charge in [-0.2, -0.15) is 0 Å². The first-order chi connectivity index (χ1) is 24.1. The maximum atomic E-state index is 12.6. The van der Waals surface area contributed by atoms with Gasteiger partial charge in [-0.1, -0.05) is 78.9 Å². The van der Waals surface area contributed by atoms with Gasteiger partial charge in [0.15, 0.2) is 0 Å². The number of aryl methyl sites for hydroxylation is 2. The Kier molecular flexibility index (Phi) is 9.21. The maximum absolute atomic E-state index is 12.6. The van der Waals surface area contributed by atoms with Crippen molar-refractivity contribution in [2.75, 3.05) is 20.8 Å². The number of carbonyl (C=O) groups excluding carboxylic acids is 1. The molecular weight excluding hydrogens is 612 g/mol. The molecule has 7 aromatic rings. The standard InChI is InChI=1S/C41H38N4O4/c1-48-26-12-24-45-38-33(18-11-19-34(38)42-39(45)32-17-9-10-20-37(32)46)40-43-35-27-30(41(47)49-2)21-22-36(35)44(40)25-23-31(28-13-5-3-6-14-28)29-15-7-4-8-16-29/h3-11,13-22,27,31,46H,12,23-26H2,1-2H3. The van der Waals surface area contributed by atoms with E-state index in [-0.39, 0.29) is 11.7 Å². The van der Waals surface area contributed by atoms with Gasteiger partial charge in [-0.25, -0.2) is 14.8 Å². The van der Waals surface area contributed by atoms with Crippen molar-refractivity contribution in [1.82, 2.24) is 19.1 Å². The Hall–Kier alpha value is -5.73. The van der Waals surface area contributed by atoms with E-state index in [0.717, 1.165) is 40.8 Å². The lowest BCUT2D eigenvalue weighted by molar-refractivity contribution is 0.0601. The zero-order chi connectivity index (χ0) is 33.7. The van der Waals surface area contributed by atoms with Gasteiger partial charge in [-0.15, -0.1) is 0 Å². The molecule has 1 N–H and O–H groups in total. The number of hydrogen-bond donors (Lipinski definition) is 1. The minimum Gasteiger partial charge on any atom is -0.507 e. The first kappa shape index (κ1) is 31.8. The van der Waals surface area contributed by atoms with Gasteiger partial charge in [0.2, 0.25) is 0 Å². The van der Waals surface area contributed by atoms with E-state index >= 15 is 0 Å². The summed E-state index contributed by atoms with van der Waals surface area (Å²) in [5, 5.41) is 10.9. The van der Waals surface area contributed by atoms with Gasteiger partial charge in [0.25, 0.3) is 0 Å². The van der Waals surface area contributed by atoms with Crippen LogP contribution in [-0.4, -0.2) is 51.0 Å². The number of nitrogens with zero attached hydrogens (tertiary/aromatic N) is 4. The molecule has 246 valence electrons. The number of hydrogen-bond acceptors (Lipinski definition) is 6. The molecule has 0 spiro atoms. The Balaban J connectivity index is 1.42. The minimum atomic E-state index is -0.406. The topological polar surface area (TPSA) is 91.4 Å². The van der Waals surface area contributed by atoms with Gasteiger partial charge in [-0.05, 0) is 66.4 Å². The van der Waals surface area contributed by atoms with Crippen LogP contribution >= 0.6 is 0 Å². The largest absolute Gasteiger partial charge is 0.507 e. The quantitative estimate of drug-likeness (QED) is 0.105.